The smallest absolute Gasteiger partial charge is 0.0380 e. The van der Waals surface area contributed by atoms with Crippen molar-refractivity contribution in [2.75, 3.05) is 0 Å². The third-order valence-corrected chi connectivity index (χ3v) is 1.04. The number of rotatable bonds is 2. The van der Waals surface area contributed by atoms with Crippen LogP contribution in [0.2, 0.25) is 0 Å². The number of allylic oxidation sites excluding steroid dienone is 1. The Hall–Kier alpha value is -1.51. The summed E-state index contributed by atoms with van der Waals surface area (Å²) in [4.78, 5) is 2.95. The predicted molar refractivity (Wildman–Crippen MR) is 41.7 cm³/mol. The first-order chi connectivity index (χ1) is 4.93. The molecule has 52 valence electrons. The van der Waals surface area contributed by atoms with E-state index in [9.17, 15) is 5.21 Å². The summed E-state index contributed by atoms with van der Waals surface area (Å²) in [6, 6.07) is 3.78. The Morgan fingerprint density at radius 2 is 2.50 bits per heavy atom. The van der Waals surface area contributed by atoms with Crippen LogP contribution in [0, 0.1) is 5.21 Å². The fraction of sp³-hybridized carbons (Fsp3) is 0. The van der Waals surface area contributed by atoms with Gasteiger partial charge in [-0.2, -0.15) is 0 Å². The van der Waals surface area contributed by atoms with Crippen molar-refractivity contribution >= 4 is 12.3 Å². The number of aromatic nitrogens is 1. The summed E-state index contributed by atoms with van der Waals surface area (Å²) in [7, 11) is 0. The van der Waals surface area contributed by atoms with E-state index in [2.05, 4.69) is 10.1 Å². The number of H-pyrrole nitrogens is 1. The van der Waals surface area contributed by atoms with E-state index in [-0.39, 0.29) is 0 Å². The average Bonchev–Trinajstić information content (AvgIpc) is 2.41. The van der Waals surface area contributed by atoms with Crippen LogP contribution < -0.4 is 0 Å². The lowest BCUT2D eigenvalue weighted by molar-refractivity contribution is 1.38. The van der Waals surface area contributed by atoms with Crippen LogP contribution in [0.3, 0.4) is 0 Å². The van der Waals surface area contributed by atoms with E-state index in [0.29, 0.717) is 0 Å². The van der Waals surface area contributed by atoms with Gasteiger partial charge in [-0.05, 0) is 24.3 Å². The number of nitrogens with one attached hydrogen (secondary N) is 1. The van der Waals surface area contributed by atoms with E-state index in [1.165, 1.54) is 6.21 Å². The zero-order valence-electron chi connectivity index (χ0n) is 5.32. The van der Waals surface area contributed by atoms with E-state index < -0.39 is 0 Å². The van der Waals surface area contributed by atoms with E-state index in [4.69, 9.17) is 0 Å². The molecule has 0 bridgehead atoms. The molecule has 0 aliphatic rings. The molecule has 10 heavy (non-hydrogen) atoms. The molecule has 0 saturated carbocycles. The largest absolute Gasteiger partial charge is 0.792 e. The SMILES string of the molecule is [O-]/N=C\C=C\c1ccc[nH]1. The van der Waals surface area contributed by atoms with Crippen LogP contribution in [0.1, 0.15) is 5.69 Å². The summed E-state index contributed by atoms with van der Waals surface area (Å²) >= 11 is 0. The van der Waals surface area contributed by atoms with Crippen LogP contribution in [0.15, 0.2) is 29.6 Å². The first-order valence-corrected chi connectivity index (χ1v) is 2.89. The van der Waals surface area contributed by atoms with Gasteiger partial charge in [0.25, 0.3) is 0 Å². The van der Waals surface area contributed by atoms with Crippen molar-refractivity contribution in [2.24, 2.45) is 5.16 Å². The van der Waals surface area contributed by atoms with E-state index in [1.54, 1.807) is 12.2 Å². The molecule has 0 amide bonds. The van der Waals surface area contributed by atoms with Gasteiger partial charge in [0.1, 0.15) is 0 Å². The molecular weight excluding hydrogens is 128 g/mol. The molecule has 0 saturated heterocycles. The monoisotopic (exact) mass is 135 g/mol. The Balaban J connectivity index is 2.55. The molecule has 0 spiro atoms. The van der Waals surface area contributed by atoms with Crippen LogP contribution in [0.5, 0.6) is 0 Å². The van der Waals surface area contributed by atoms with Crippen molar-refractivity contribution in [1.82, 2.24) is 4.98 Å². The van der Waals surface area contributed by atoms with Gasteiger partial charge in [-0.25, -0.2) is 0 Å². The summed E-state index contributed by atoms with van der Waals surface area (Å²) in [5.74, 6) is 0. The molecule has 0 aliphatic carbocycles. The van der Waals surface area contributed by atoms with Crippen LogP contribution in [-0.4, -0.2) is 11.2 Å². The van der Waals surface area contributed by atoms with Gasteiger partial charge >= 0.3 is 0 Å². The maximum atomic E-state index is 9.57. The highest BCUT2D eigenvalue weighted by Gasteiger charge is 1.79. The Labute approximate surface area is 58.7 Å². The Morgan fingerprint density at radius 3 is 3.10 bits per heavy atom. The van der Waals surface area contributed by atoms with Crippen LogP contribution >= 0.6 is 0 Å². The lowest BCUT2D eigenvalue weighted by Gasteiger charge is -1.84. The molecule has 1 rings (SSSR count). The third kappa shape index (κ3) is 1.78. The molecule has 0 atom stereocenters. The summed E-state index contributed by atoms with van der Waals surface area (Å²) in [5.41, 5.74) is 0.958. The van der Waals surface area contributed by atoms with E-state index in [0.717, 1.165) is 5.69 Å². The van der Waals surface area contributed by atoms with Crippen molar-refractivity contribution in [2.45, 2.75) is 0 Å². The molecule has 3 heteroatoms. The number of hydrogen-bond acceptors (Lipinski definition) is 2. The standard InChI is InChI=1S/C7H8N2O/c10-9-6-2-4-7-3-1-5-8-7/h1-6,8,10H/p-1/b4-2+,9-6-. The van der Waals surface area contributed by atoms with E-state index >= 15 is 0 Å². The summed E-state index contributed by atoms with van der Waals surface area (Å²) in [5, 5.41) is 12.1. The predicted octanol–water partition coefficient (Wildman–Crippen LogP) is 1.60. The third-order valence-electron chi connectivity index (χ3n) is 1.04. The van der Waals surface area contributed by atoms with Gasteiger partial charge in [-0.3, -0.25) is 0 Å². The first kappa shape index (κ1) is 6.61. The molecule has 0 fully saturated rings. The molecule has 1 aromatic heterocycles. The minimum Gasteiger partial charge on any atom is -0.792 e. The van der Waals surface area contributed by atoms with Gasteiger partial charge in [-0.1, -0.05) is 0 Å². The zero-order chi connectivity index (χ0) is 7.23. The minimum absolute atomic E-state index is 0.958. The number of hydrogen-bond donors (Lipinski definition) is 1. The Morgan fingerprint density at radius 1 is 1.60 bits per heavy atom. The molecule has 3 nitrogen and oxygen atoms in total. The van der Waals surface area contributed by atoms with Gasteiger partial charge in [0, 0.05) is 18.1 Å². The molecule has 1 N–H and O–H groups in total. The quantitative estimate of drug-likeness (QED) is 0.486. The second-order valence-electron chi connectivity index (χ2n) is 1.74. The molecule has 0 aliphatic heterocycles. The maximum Gasteiger partial charge on any atom is 0.0380 e. The lowest BCUT2D eigenvalue weighted by atomic mass is 10.4. The number of aromatic amines is 1. The second-order valence-corrected chi connectivity index (χ2v) is 1.74. The number of nitrogens with zero attached hydrogens (tertiary/aromatic N) is 1. The lowest BCUT2D eigenvalue weighted by Crippen LogP contribution is -1.67. The molecule has 1 heterocycles. The molecule has 1 aromatic rings. The van der Waals surface area contributed by atoms with Gasteiger partial charge in [0.15, 0.2) is 0 Å². The topological polar surface area (TPSA) is 51.2 Å². The highest BCUT2D eigenvalue weighted by atomic mass is 16.4. The summed E-state index contributed by atoms with van der Waals surface area (Å²) in [6.45, 7) is 0. The second kappa shape index (κ2) is 3.50. The molecule has 0 radical (unpaired) electrons. The van der Waals surface area contributed by atoms with Gasteiger partial charge < -0.3 is 15.3 Å². The van der Waals surface area contributed by atoms with Crippen LogP contribution in [-0.2, 0) is 0 Å². The average molecular weight is 135 g/mol. The molecule has 0 aromatic carbocycles. The normalized spacial score (nSPS) is 11.6. The van der Waals surface area contributed by atoms with Crippen LogP contribution in [0.25, 0.3) is 6.08 Å². The van der Waals surface area contributed by atoms with Crippen molar-refractivity contribution < 1.29 is 0 Å². The zero-order valence-corrected chi connectivity index (χ0v) is 5.32. The van der Waals surface area contributed by atoms with Crippen molar-refractivity contribution in [1.29, 1.82) is 0 Å². The Bertz CT molecular complexity index is 224. The van der Waals surface area contributed by atoms with Gasteiger partial charge in [-0.15, -0.1) is 0 Å². The van der Waals surface area contributed by atoms with Crippen LogP contribution in [0.4, 0.5) is 0 Å². The van der Waals surface area contributed by atoms with Crippen molar-refractivity contribution in [3.05, 3.63) is 35.3 Å². The maximum absolute atomic E-state index is 9.57. The summed E-state index contributed by atoms with van der Waals surface area (Å²) in [6.07, 6.45) is 6.36. The minimum atomic E-state index is 0.958. The first-order valence-electron chi connectivity index (χ1n) is 2.89. The fourth-order valence-corrected chi connectivity index (χ4v) is 0.630. The van der Waals surface area contributed by atoms with Gasteiger partial charge in [0.2, 0.25) is 0 Å². The van der Waals surface area contributed by atoms with Gasteiger partial charge in [0.05, 0.1) is 0 Å². The molecular formula is C7H7N2O-. The highest BCUT2D eigenvalue weighted by molar-refractivity contribution is 5.77. The van der Waals surface area contributed by atoms with Crippen molar-refractivity contribution in [3.8, 4) is 0 Å². The van der Waals surface area contributed by atoms with E-state index in [1.807, 2.05) is 18.3 Å². The Kier molecular flexibility index (Phi) is 2.31. The summed E-state index contributed by atoms with van der Waals surface area (Å²) < 4.78 is 0. The highest BCUT2D eigenvalue weighted by Crippen LogP contribution is 1.95. The molecule has 0 unspecified atom stereocenters. The van der Waals surface area contributed by atoms with Crippen molar-refractivity contribution in [3.63, 3.8) is 0 Å². The fourth-order valence-electron chi connectivity index (χ4n) is 0.630.